The van der Waals surface area contributed by atoms with Gasteiger partial charge in [0.15, 0.2) is 0 Å². The Hall–Kier alpha value is -2.22. The molecule has 8 heteroatoms. The maximum Gasteiger partial charge on any atom is 0.416 e. The van der Waals surface area contributed by atoms with E-state index in [9.17, 15) is 18.0 Å². The average molecular weight is 368 g/mol. The molecule has 4 nitrogen and oxygen atoms in total. The van der Waals surface area contributed by atoms with Crippen LogP contribution < -0.4 is 0 Å². The second-order valence-electron chi connectivity index (χ2n) is 5.60. The van der Waals surface area contributed by atoms with E-state index < -0.39 is 17.6 Å². The van der Waals surface area contributed by atoms with E-state index in [2.05, 4.69) is 5.16 Å². The zero-order chi connectivity index (χ0) is 18.2. The van der Waals surface area contributed by atoms with Gasteiger partial charge < -0.3 is 9.42 Å². The van der Waals surface area contributed by atoms with Crippen LogP contribution in [0.15, 0.2) is 33.8 Å². The van der Waals surface area contributed by atoms with Crippen molar-refractivity contribution < 1.29 is 22.5 Å². The lowest BCUT2D eigenvalue weighted by Crippen LogP contribution is -2.27. The van der Waals surface area contributed by atoms with Crippen LogP contribution in [0.1, 0.15) is 32.9 Å². The van der Waals surface area contributed by atoms with Gasteiger partial charge in [0.05, 0.1) is 16.3 Å². The fraction of sp³-hybridized carbons (Fsp3) is 0.294. The number of hydrogen-bond acceptors (Lipinski definition) is 4. The van der Waals surface area contributed by atoms with Crippen LogP contribution in [-0.2, 0) is 6.18 Å². The standard InChI is InChI=1S/C17H15F3N2O2S/c1-10-14(11(2)24-21-10)9-15-22(6-7-25-15)16(23)12-4-3-5-13(8-12)17(18,19)20/h3-5,8-9H,6-7H2,1-2H3/b15-9+. The van der Waals surface area contributed by atoms with Crippen molar-refractivity contribution in [1.29, 1.82) is 0 Å². The Kier molecular flexibility index (Phi) is 4.64. The molecule has 0 bridgehead atoms. The van der Waals surface area contributed by atoms with Crippen molar-refractivity contribution in [2.24, 2.45) is 0 Å². The van der Waals surface area contributed by atoms with Gasteiger partial charge in [-0.05, 0) is 38.1 Å². The molecule has 0 unspecified atom stereocenters. The normalized spacial score (nSPS) is 16.7. The number of amides is 1. The first-order valence-corrected chi connectivity index (χ1v) is 8.52. The number of thioether (sulfide) groups is 1. The molecule has 0 N–H and O–H groups in total. The van der Waals surface area contributed by atoms with E-state index in [1.807, 2.05) is 0 Å². The van der Waals surface area contributed by atoms with E-state index >= 15 is 0 Å². The molecule has 1 aromatic heterocycles. The molecule has 1 aliphatic heterocycles. The lowest BCUT2D eigenvalue weighted by molar-refractivity contribution is -0.137. The molecule has 0 atom stereocenters. The maximum absolute atomic E-state index is 12.9. The smallest absolute Gasteiger partial charge is 0.361 e. The van der Waals surface area contributed by atoms with Crippen molar-refractivity contribution in [3.63, 3.8) is 0 Å². The summed E-state index contributed by atoms with van der Waals surface area (Å²) < 4.78 is 43.7. The molecule has 1 amide bonds. The molecular formula is C17H15F3N2O2S. The van der Waals surface area contributed by atoms with Crippen LogP contribution >= 0.6 is 11.8 Å². The summed E-state index contributed by atoms with van der Waals surface area (Å²) in [6.45, 7) is 4.00. The Morgan fingerprint density at radius 1 is 1.36 bits per heavy atom. The van der Waals surface area contributed by atoms with Gasteiger partial charge in [0, 0.05) is 23.4 Å². The number of aryl methyl sites for hydroxylation is 2. The van der Waals surface area contributed by atoms with E-state index in [1.54, 1.807) is 19.9 Å². The van der Waals surface area contributed by atoms with Crippen LogP contribution in [0.5, 0.6) is 0 Å². The number of carbonyl (C=O) groups excluding carboxylic acids is 1. The van der Waals surface area contributed by atoms with E-state index in [0.29, 0.717) is 28.8 Å². The van der Waals surface area contributed by atoms with Crippen molar-refractivity contribution in [3.8, 4) is 0 Å². The van der Waals surface area contributed by atoms with Gasteiger partial charge in [-0.2, -0.15) is 13.2 Å². The molecular weight excluding hydrogens is 353 g/mol. The SMILES string of the molecule is Cc1noc(C)c1/C=C1/SCCN1C(=O)c1cccc(C(F)(F)F)c1. The monoisotopic (exact) mass is 368 g/mol. The fourth-order valence-corrected chi connectivity index (χ4v) is 3.57. The van der Waals surface area contributed by atoms with Crippen LogP contribution in [-0.4, -0.2) is 28.3 Å². The Labute approximate surface area is 146 Å². The molecule has 1 aromatic carbocycles. The minimum absolute atomic E-state index is 0.0157. The summed E-state index contributed by atoms with van der Waals surface area (Å²) in [7, 11) is 0. The molecule has 25 heavy (non-hydrogen) atoms. The Bertz CT molecular complexity index is 823. The highest BCUT2D eigenvalue weighted by Gasteiger charge is 2.32. The number of carbonyl (C=O) groups is 1. The predicted molar refractivity (Wildman–Crippen MR) is 88.9 cm³/mol. The van der Waals surface area contributed by atoms with Crippen LogP contribution in [0.2, 0.25) is 0 Å². The van der Waals surface area contributed by atoms with Gasteiger partial charge in [0.2, 0.25) is 0 Å². The Morgan fingerprint density at radius 2 is 2.12 bits per heavy atom. The second kappa shape index (κ2) is 6.59. The molecule has 3 rings (SSSR count). The van der Waals surface area contributed by atoms with Gasteiger partial charge in [0.25, 0.3) is 5.91 Å². The highest BCUT2D eigenvalue weighted by atomic mass is 32.2. The predicted octanol–water partition coefficient (Wildman–Crippen LogP) is 4.50. The summed E-state index contributed by atoms with van der Waals surface area (Å²) in [6, 6.07) is 4.49. The van der Waals surface area contributed by atoms with Gasteiger partial charge in [-0.1, -0.05) is 11.2 Å². The molecule has 0 aliphatic carbocycles. The third-order valence-electron chi connectivity index (χ3n) is 3.87. The molecule has 0 radical (unpaired) electrons. The number of alkyl halides is 3. The first-order chi connectivity index (χ1) is 11.8. The number of benzene rings is 1. The zero-order valence-corrected chi connectivity index (χ0v) is 14.4. The molecule has 0 spiro atoms. The molecule has 1 fully saturated rings. The van der Waals surface area contributed by atoms with Gasteiger partial charge in [-0.25, -0.2) is 0 Å². The van der Waals surface area contributed by atoms with Crippen LogP contribution in [0.3, 0.4) is 0 Å². The Balaban J connectivity index is 1.92. The third kappa shape index (κ3) is 3.58. The van der Waals surface area contributed by atoms with Crippen LogP contribution in [0, 0.1) is 13.8 Å². The first kappa shape index (κ1) is 17.6. The zero-order valence-electron chi connectivity index (χ0n) is 13.6. The van der Waals surface area contributed by atoms with Crippen LogP contribution in [0.4, 0.5) is 13.2 Å². The summed E-state index contributed by atoms with van der Waals surface area (Å²) in [5.74, 6) is 0.859. The number of hydrogen-bond donors (Lipinski definition) is 0. The number of rotatable bonds is 2. The van der Waals surface area contributed by atoms with Crippen molar-refractivity contribution in [1.82, 2.24) is 10.1 Å². The van der Waals surface area contributed by atoms with E-state index in [1.165, 1.54) is 28.8 Å². The number of aromatic nitrogens is 1. The average Bonchev–Trinajstić information content (AvgIpc) is 3.15. The molecule has 2 aromatic rings. The van der Waals surface area contributed by atoms with Gasteiger partial charge in [-0.3, -0.25) is 4.79 Å². The van der Waals surface area contributed by atoms with Gasteiger partial charge >= 0.3 is 6.18 Å². The number of halogens is 3. The number of nitrogens with zero attached hydrogens (tertiary/aromatic N) is 2. The van der Waals surface area contributed by atoms with Crippen LogP contribution in [0.25, 0.3) is 6.08 Å². The summed E-state index contributed by atoms with van der Waals surface area (Å²) in [5, 5.41) is 4.55. The quantitative estimate of drug-likeness (QED) is 0.783. The highest BCUT2D eigenvalue weighted by molar-refractivity contribution is 8.03. The summed E-state index contributed by atoms with van der Waals surface area (Å²) >= 11 is 1.47. The second-order valence-corrected chi connectivity index (χ2v) is 6.72. The maximum atomic E-state index is 12.9. The first-order valence-electron chi connectivity index (χ1n) is 7.54. The molecule has 0 saturated carbocycles. The van der Waals surface area contributed by atoms with Gasteiger partial charge in [-0.15, -0.1) is 11.8 Å². The lowest BCUT2D eigenvalue weighted by Gasteiger charge is -2.18. The Morgan fingerprint density at radius 3 is 2.76 bits per heavy atom. The van der Waals surface area contributed by atoms with Crippen molar-refractivity contribution >= 4 is 23.7 Å². The molecule has 2 heterocycles. The highest BCUT2D eigenvalue weighted by Crippen LogP contribution is 2.34. The van der Waals surface area contributed by atoms with Crippen molar-refractivity contribution in [2.75, 3.05) is 12.3 Å². The fourth-order valence-electron chi connectivity index (χ4n) is 2.55. The summed E-state index contributed by atoms with van der Waals surface area (Å²) in [5.41, 5.74) is 0.665. The summed E-state index contributed by atoms with van der Waals surface area (Å²) in [4.78, 5) is 14.2. The van der Waals surface area contributed by atoms with Gasteiger partial charge in [0.1, 0.15) is 5.76 Å². The minimum Gasteiger partial charge on any atom is -0.361 e. The third-order valence-corrected chi connectivity index (χ3v) is 4.89. The van der Waals surface area contributed by atoms with Crippen molar-refractivity contribution in [2.45, 2.75) is 20.0 Å². The van der Waals surface area contributed by atoms with E-state index in [0.717, 1.165) is 17.7 Å². The van der Waals surface area contributed by atoms with Crippen molar-refractivity contribution in [3.05, 3.63) is 57.4 Å². The molecule has 1 aliphatic rings. The largest absolute Gasteiger partial charge is 0.416 e. The topological polar surface area (TPSA) is 46.3 Å². The van der Waals surface area contributed by atoms with E-state index in [4.69, 9.17) is 4.52 Å². The minimum atomic E-state index is -4.48. The molecule has 132 valence electrons. The molecule has 1 saturated heterocycles. The lowest BCUT2D eigenvalue weighted by atomic mass is 10.1. The summed E-state index contributed by atoms with van der Waals surface area (Å²) in [6.07, 6.45) is -2.68. The van der Waals surface area contributed by atoms with E-state index in [-0.39, 0.29) is 5.56 Å².